The van der Waals surface area contributed by atoms with Gasteiger partial charge in [0.25, 0.3) is 15.9 Å². The predicted octanol–water partition coefficient (Wildman–Crippen LogP) is 7.13. The molecule has 12 heteroatoms. The van der Waals surface area contributed by atoms with E-state index in [-0.39, 0.29) is 32.7 Å². The number of nitrogens with zero attached hydrogens (tertiary/aromatic N) is 1. The van der Waals surface area contributed by atoms with E-state index in [1.165, 1.54) is 54.6 Å². The van der Waals surface area contributed by atoms with Gasteiger partial charge in [0.05, 0.1) is 24.9 Å². The number of para-hydroxylation sites is 1. The van der Waals surface area contributed by atoms with Gasteiger partial charge < -0.3 is 4.74 Å². The zero-order valence-electron chi connectivity index (χ0n) is 18.5. The van der Waals surface area contributed by atoms with Crippen LogP contribution in [0.5, 0.6) is 11.5 Å². The van der Waals surface area contributed by atoms with Crippen LogP contribution in [0.3, 0.4) is 0 Å². The van der Waals surface area contributed by atoms with Crippen molar-refractivity contribution in [1.29, 1.82) is 0 Å². The summed E-state index contributed by atoms with van der Waals surface area (Å²) in [6.07, 6.45) is 0. The van der Waals surface area contributed by atoms with Crippen LogP contribution in [0.4, 0.5) is 5.69 Å². The molecule has 37 heavy (non-hydrogen) atoms. The molecule has 0 radical (unpaired) electrons. The number of halogens is 3. The molecule has 0 aliphatic rings. The van der Waals surface area contributed by atoms with Crippen molar-refractivity contribution in [3.05, 3.63) is 116 Å². The average Bonchev–Trinajstić information content (AvgIpc) is 2.87. The van der Waals surface area contributed by atoms with Gasteiger partial charge in [-0.2, -0.15) is 0 Å². The second-order valence-corrected chi connectivity index (χ2v) is 10.5. The number of hydrogen-bond donors (Lipinski definition) is 1. The van der Waals surface area contributed by atoms with E-state index in [9.17, 15) is 23.3 Å². The number of carbonyl (C=O) groups excluding carboxylic acids is 1. The number of benzene rings is 4. The molecule has 0 spiro atoms. The summed E-state index contributed by atoms with van der Waals surface area (Å²) < 4.78 is 33.2. The van der Waals surface area contributed by atoms with Gasteiger partial charge in [0.2, 0.25) is 5.75 Å². The molecule has 0 heterocycles. The highest BCUT2D eigenvalue weighted by Gasteiger charge is 2.21. The number of carbonyl (C=O) groups is 1. The fourth-order valence-corrected chi connectivity index (χ4v) is 4.78. The zero-order valence-corrected chi connectivity index (χ0v) is 21.6. The van der Waals surface area contributed by atoms with Crippen LogP contribution in [0.25, 0.3) is 11.1 Å². The minimum atomic E-state index is -4.24. The first-order valence-corrected chi connectivity index (χ1v) is 13.0. The van der Waals surface area contributed by atoms with Gasteiger partial charge in [-0.25, -0.2) is 13.1 Å². The number of nitro benzene ring substituents is 1. The molecular formula is C25H15Cl3N2O6S. The van der Waals surface area contributed by atoms with Crippen LogP contribution in [-0.2, 0) is 10.0 Å². The predicted molar refractivity (Wildman–Crippen MR) is 141 cm³/mol. The third kappa shape index (κ3) is 6.03. The number of nitro groups is 1. The lowest BCUT2D eigenvalue weighted by molar-refractivity contribution is -0.385. The minimum absolute atomic E-state index is 0.0151. The number of rotatable bonds is 7. The lowest BCUT2D eigenvalue weighted by Crippen LogP contribution is -2.30. The topological polar surface area (TPSA) is 116 Å². The van der Waals surface area contributed by atoms with E-state index in [1.54, 1.807) is 30.3 Å². The first-order chi connectivity index (χ1) is 17.5. The summed E-state index contributed by atoms with van der Waals surface area (Å²) in [5.74, 6) is -0.912. The Morgan fingerprint density at radius 3 is 2.16 bits per heavy atom. The molecule has 1 amide bonds. The van der Waals surface area contributed by atoms with Crippen molar-refractivity contribution in [2.45, 2.75) is 4.90 Å². The highest BCUT2D eigenvalue weighted by molar-refractivity contribution is 7.90. The summed E-state index contributed by atoms with van der Waals surface area (Å²) in [7, 11) is -4.24. The molecule has 0 unspecified atom stereocenters. The third-order valence-corrected chi connectivity index (χ3v) is 7.49. The molecule has 4 aromatic carbocycles. The van der Waals surface area contributed by atoms with Crippen LogP contribution in [0.1, 0.15) is 10.4 Å². The van der Waals surface area contributed by atoms with Crippen molar-refractivity contribution in [2.75, 3.05) is 0 Å². The highest BCUT2D eigenvalue weighted by atomic mass is 35.5. The minimum Gasteiger partial charge on any atom is -0.449 e. The van der Waals surface area contributed by atoms with E-state index >= 15 is 0 Å². The Bertz CT molecular complexity index is 1630. The maximum atomic E-state index is 12.8. The third-order valence-electron chi connectivity index (χ3n) is 5.10. The first kappa shape index (κ1) is 26.4. The van der Waals surface area contributed by atoms with Gasteiger partial charge in [-0.15, -0.1) is 0 Å². The van der Waals surface area contributed by atoms with Crippen LogP contribution in [0.15, 0.2) is 89.8 Å². The van der Waals surface area contributed by atoms with Gasteiger partial charge in [0.15, 0.2) is 0 Å². The Hall–Kier alpha value is -3.63. The van der Waals surface area contributed by atoms with Crippen molar-refractivity contribution in [1.82, 2.24) is 4.72 Å². The normalized spacial score (nSPS) is 11.1. The van der Waals surface area contributed by atoms with E-state index in [1.807, 2.05) is 4.72 Å². The average molecular weight is 578 g/mol. The molecule has 0 saturated heterocycles. The number of ether oxygens (including phenoxy) is 1. The van der Waals surface area contributed by atoms with Crippen molar-refractivity contribution in [3.8, 4) is 22.6 Å². The van der Waals surface area contributed by atoms with E-state index in [0.717, 1.165) is 0 Å². The van der Waals surface area contributed by atoms with Crippen molar-refractivity contribution >= 4 is 56.4 Å². The van der Waals surface area contributed by atoms with Crippen molar-refractivity contribution < 1.29 is 22.9 Å². The van der Waals surface area contributed by atoms with Crippen LogP contribution in [0.2, 0.25) is 15.1 Å². The molecule has 0 saturated carbocycles. The number of hydrogen-bond acceptors (Lipinski definition) is 6. The number of amides is 1. The zero-order chi connectivity index (χ0) is 26.7. The van der Waals surface area contributed by atoms with E-state index in [2.05, 4.69) is 0 Å². The monoisotopic (exact) mass is 576 g/mol. The molecule has 0 aliphatic carbocycles. The van der Waals surface area contributed by atoms with Crippen LogP contribution < -0.4 is 9.46 Å². The molecular weight excluding hydrogens is 563 g/mol. The number of nitrogens with one attached hydrogen (secondary N) is 1. The fraction of sp³-hybridized carbons (Fsp3) is 0. The molecule has 0 bridgehead atoms. The summed E-state index contributed by atoms with van der Waals surface area (Å²) in [6.45, 7) is 0. The summed E-state index contributed by atoms with van der Waals surface area (Å²) in [5.41, 5.74) is 1.10. The number of sulfonamides is 1. The van der Waals surface area contributed by atoms with Crippen molar-refractivity contribution in [3.63, 3.8) is 0 Å². The summed E-state index contributed by atoms with van der Waals surface area (Å²) in [4.78, 5) is 23.1. The SMILES string of the molecule is O=C(NS(=O)(=O)c1ccc(Oc2c(Cl)cccc2[N+](=O)[O-])cc1)c1cccc(-c2ccc(Cl)c(Cl)c2)c1. The summed E-state index contributed by atoms with van der Waals surface area (Å²) in [5, 5.41) is 12.0. The largest absolute Gasteiger partial charge is 0.449 e. The maximum absolute atomic E-state index is 12.8. The Kier molecular flexibility index (Phi) is 7.70. The quantitative estimate of drug-likeness (QED) is 0.184. The summed E-state index contributed by atoms with van der Waals surface area (Å²) in [6, 6.07) is 20.4. The first-order valence-electron chi connectivity index (χ1n) is 10.4. The molecule has 0 fully saturated rings. The molecule has 4 aromatic rings. The second-order valence-electron chi connectivity index (χ2n) is 7.56. The van der Waals surface area contributed by atoms with Crippen LogP contribution >= 0.6 is 34.8 Å². The summed E-state index contributed by atoms with van der Waals surface area (Å²) >= 11 is 18.0. The molecule has 0 atom stereocenters. The van der Waals surface area contributed by atoms with Gasteiger partial charge in [-0.3, -0.25) is 14.9 Å². The lowest BCUT2D eigenvalue weighted by Gasteiger charge is -2.11. The fourth-order valence-electron chi connectivity index (χ4n) is 3.30. The van der Waals surface area contributed by atoms with E-state index in [0.29, 0.717) is 21.2 Å². The molecule has 8 nitrogen and oxygen atoms in total. The second kappa shape index (κ2) is 10.8. The molecule has 4 rings (SSSR count). The molecule has 188 valence electrons. The van der Waals surface area contributed by atoms with Gasteiger partial charge in [0.1, 0.15) is 5.75 Å². The van der Waals surface area contributed by atoms with E-state index in [4.69, 9.17) is 39.5 Å². The van der Waals surface area contributed by atoms with Gasteiger partial charge in [-0.1, -0.05) is 59.1 Å². The molecule has 1 N–H and O–H groups in total. The van der Waals surface area contributed by atoms with Gasteiger partial charge in [0, 0.05) is 11.6 Å². The lowest BCUT2D eigenvalue weighted by atomic mass is 10.0. The van der Waals surface area contributed by atoms with Crippen LogP contribution in [0, 0.1) is 10.1 Å². The Labute approximate surface area is 226 Å². The van der Waals surface area contributed by atoms with Crippen LogP contribution in [-0.4, -0.2) is 19.2 Å². The van der Waals surface area contributed by atoms with Gasteiger partial charge >= 0.3 is 5.69 Å². The highest BCUT2D eigenvalue weighted by Crippen LogP contribution is 2.38. The Balaban J connectivity index is 1.52. The molecule has 0 aliphatic heterocycles. The maximum Gasteiger partial charge on any atom is 0.313 e. The van der Waals surface area contributed by atoms with Crippen molar-refractivity contribution in [2.24, 2.45) is 0 Å². The standard InChI is InChI=1S/C25H15Cl3N2O6S/c26-20-12-7-16(14-22(20)28)15-3-1-4-17(13-15)25(31)29-37(34,35)19-10-8-18(9-11-19)36-24-21(27)5-2-6-23(24)30(32)33/h1-14H,(H,29,31). The Morgan fingerprint density at radius 2 is 1.49 bits per heavy atom. The van der Waals surface area contributed by atoms with Gasteiger partial charge in [-0.05, 0) is 65.7 Å². The smallest absolute Gasteiger partial charge is 0.313 e. The van der Waals surface area contributed by atoms with E-state index < -0.39 is 20.9 Å². The molecule has 0 aromatic heterocycles. The Morgan fingerprint density at radius 1 is 0.811 bits per heavy atom.